The summed E-state index contributed by atoms with van der Waals surface area (Å²) in [5.41, 5.74) is 2.03. The molecule has 1 amide bonds. The molecule has 0 radical (unpaired) electrons. The second-order valence-corrected chi connectivity index (χ2v) is 5.80. The Hall–Kier alpha value is -3.35. The summed E-state index contributed by atoms with van der Waals surface area (Å²) in [4.78, 5) is 26.3. The lowest BCUT2D eigenvalue weighted by atomic mass is 10.1. The Morgan fingerprint density at radius 1 is 1.19 bits per heavy atom. The minimum Gasteiger partial charge on any atom is -0.480 e. The van der Waals surface area contributed by atoms with Crippen LogP contribution in [0, 0.1) is 5.82 Å². The number of carboxylic acids is 1. The normalized spacial score (nSPS) is 11.9. The number of aromatic nitrogens is 1. The van der Waals surface area contributed by atoms with Gasteiger partial charge in [-0.1, -0.05) is 30.3 Å². The number of carboxylic acid groups (broad SMARTS) is 1. The topological polar surface area (TPSA) is 91.4 Å². The van der Waals surface area contributed by atoms with Gasteiger partial charge in [0, 0.05) is 23.5 Å². The lowest BCUT2D eigenvalue weighted by Gasteiger charge is -2.14. The SMILES string of the molecule is O=C(NC(Cc1c[nH]c2cc(F)ccc12)C(=O)O)OCc1ccccc1. The molecule has 0 aliphatic rings. The Labute approximate surface area is 148 Å². The van der Waals surface area contributed by atoms with Gasteiger partial charge < -0.3 is 20.1 Å². The molecule has 1 heterocycles. The van der Waals surface area contributed by atoms with Crippen LogP contribution in [-0.4, -0.2) is 28.2 Å². The second kappa shape index (κ2) is 7.69. The first-order chi connectivity index (χ1) is 12.5. The van der Waals surface area contributed by atoms with E-state index in [1.165, 1.54) is 12.1 Å². The molecule has 0 aliphatic heterocycles. The van der Waals surface area contributed by atoms with Gasteiger partial charge in [0.15, 0.2) is 0 Å². The van der Waals surface area contributed by atoms with Crippen LogP contribution in [0.5, 0.6) is 0 Å². The minimum absolute atomic E-state index is 0.0431. The molecule has 0 aliphatic carbocycles. The predicted octanol–water partition coefficient (Wildman–Crippen LogP) is 3.23. The van der Waals surface area contributed by atoms with Gasteiger partial charge >= 0.3 is 12.1 Å². The smallest absolute Gasteiger partial charge is 0.408 e. The first kappa shape index (κ1) is 17.5. The fraction of sp³-hybridized carbons (Fsp3) is 0.158. The summed E-state index contributed by atoms with van der Waals surface area (Å²) >= 11 is 0. The number of hydrogen-bond acceptors (Lipinski definition) is 3. The molecule has 1 atom stereocenters. The Balaban J connectivity index is 1.65. The van der Waals surface area contributed by atoms with E-state index in [1.807, 2.05) is 18.2 Å². The average Bonchev–Trinajstić information content (AvgIpc) is 3.02. The van der Waals surface area contributed by atoms with Crippen LogP contribution in [0.3, 0.4) is 0 Å². The maximum Gasteiger partial charge on any atom is 0.408 e. The molecule has 6 nitrogen and oxygen atoms in total. The monoisotopic (exact) mass is 356 g/mol. The molecule has 1 aromatic heterocycles. The zero-order valence-electron chi connectivity index (χ0n) is 13.7. The quantitative estimate of drug-likeness (QED) is 0.632. The highest BCUT2D eigenvalue weighted by Crippen LogP contribution is 2.20. The molecule has 2 aromatic carbocycles. The van der Waals surface area contributed by atoms with Crippen molar-refractivity contribution in [1.29, 1.82) is 0 Å². The van der Waals surface area contributed by atoms with E-state index in [0.29, 0.717) is 16.5 Å². The number of H-pyrrole nitrogens is 1. The van der Waals surface area contributed by atoms with Gasteiger partial charge in [0.2, 0.25) is 0 Å². The Morgan fingerprint density at radius 2 is 1.96 bits per heavy atom. The second-order valence-electron chi connectivity index (χ2n) is 5.80. The molecule has 0 saturated heterocycles. The molecule has 3 rings (SSSR count). The van der Waals surface area contributed by atoms with Crippen LogP contribution in [0.1, 0.15) is 11.1 Å². The number of alkyl carbamates (subject to hydrolysis) is 1. The molecule has 134 valence electrons. The van der Waals surface area contributed by atoms with Gasteiger partial charge in [-0.15, -0.1) is 0 Å². The number of hydrogen-bond donors (Lipinski definition) is 3. The van der Waals surface area contributed by atoms with Crippen molar-refractivity contribution in [2.24, 2.45) is 0 Å². The van der Waals surface area contributed by atoms with Crippen molar-refractivity contribution in [3.05, 3.63) is 71.7 Å². The molecule has 7 heteroatoms. The zero-order chi connectivity index (χ0) is 18.5. The zero-order valence-corrected chi connectivity index (χ0v) is 13.7. The number of nitrogens with one attached hydrogen (secondary N) is 2. The van der Waals surface area contributed by atoms with Crippen molar-refractivity contribution < 1.29 is 23.8 Å². The van der Waals surface area contributed by atoms with Crippen LogP contribution < -0.4 is 5.32 Å². The summed E-state index contributed by atoms with van der Waals surface area (Å²) in [6.07, 6.45) is 0.838. The van der Waals surface area contributed by atoms with Crippen LogP contribution in [-0.2, 0) is 22.6 Å². The molecule has 3 aromatic rings. The Morgan fingerprint density at radius 3 is 2.69 bits per heavy atom. The van der Waals surface area contributed by atoms with Crippen molar-refractivity contribution >= 4 is 23.0 Å². The number of aliphatic carboxylic acids is 1. The van der Waals surface area contributed by atoms with E-state index in [4.69, 9.17) is 4.74 Å². The molecule has 0 spiro atoms. The number of aromatic amines is 1. The minimum atomic E-state index is -1.18. The van der Waals surface area contributed by atoms with Gasteiger partial charge in [-0.3, -0.25) is 0 Å². The third-order valence-corrected chi connectivity index (χ3v) is 3.96. The number of fused-ring (bicyclic) bond motifs is 1. The van der Waals surface area contributed by atoms with Gasteiger partial charge in [0.1, 0.15) is 18.5 Å². The van der Waals surface area contributed by atoms with Gasteiger partial charge in [-0.2, -0.15) is 0 Å². The molecular weight excluding hydrogens is 339 g/mol. The van der Waals surface area contributed by atoms with Crippen LogP contribution in [0.25, 0.3) is 10.9 Å². The van der Waals surface area contributed by atoms with Gasteiger partial charge in [0.25, 0.3) is 0 Å². The summed E-state index contributed by atoms with van der Waals surface area (Å²) in [7, 11) is 0. The fourth-order valence-corrected chi connectivity index (χ4v) is 2.65. The molecule has 0 fully saturated rings. The van der Waals surface area contributed by atoms with Gasteiger partial charge in [0.05, 0.1) is 0 Å². The van der Waals surface area contributed by atoms with Crippen molar-refractivity contribution in [3.8, 4) is 0 Å². The number of benzene rings is 2. The van der Waals surface area contributed by atoms with Crippen LogP contribution in [0.2, 0.25) is 0 Å². The molecule has 3 N–H and O–H groups in total. The highest BCUT2D eigenvalue weighted by Gasteiger charge is 2.22. The van der Waals surface area contributed by atoms with Crippen LogP contribution in [0.15, 0.2) is 54.7 Å². The highest BCUT2D eigenvalue weighted by atomic mass is 19.1. The van der Waals surface area contributed by atoms with E-state index in [2.05, 4.69) is 10.3 Å². The maximum absolute atomic E-state index is 13.2. The molecule has 0 saturated carbocycles. The number of rotatable bonds is 6. The summed E-state index contributed by atoms with van der Waals surface area (Å²) in [6, 6.07) is 12.1. The number of carbonyl (C=O) groups is 2. The van der Waals surface area contributed by atoms with E-state index in [0.717, 1.165) is 5.56 Å². The van der Waals surface area contributed by atoms with Crippen LogP contribution in [0.4, 0.5) is 9.18 Å². The number of amides is 1. The fourth-order valence-electron chi connectivity index (χ4n) is 2.65. The van der Waals surface area contributed by atoms with Crippen molar-refractivity contribution in [2.75, 3.05) is 0 Å². The predicted molar refractivity (Wildman–Crippen MR) is 93.1 cm³/mol. The van der Waals surface area contributed by atoms with Crippen LogP contribution >= 0.6 is 0 Å². The lowest BCUT2D eigenvalue weighted by molar-refractivity contribution is -0.139. The highest BCUT2D eigenvalue weighted by molar-refractivity contribution is 5.85. The number of ether oxygens (including phenoxy) is 1. The van der Waals surface area contributed by atoms with E-state index in [9.17, 15) is 19.1 Å². The van der Waals surface area contributed by atoms with E-state index in [-0.39, 0.29) is 18.8 Å². The summed E-state index contributed by atoms with van der Waals surface area (Å²) in [6.45, 7) is 0.0470. The van der Waals surface area contributed by atoms with E-state index < -0.39 is 18.1 Å². The van der Waals surface area contributed by atoms with E-state index in [1.54, 1.807) is 24.4 Å². The Kier molecular flexibility index (Phi) is 5.17. The van der Waals surface area contributed by atoms with Crippen molar-refractivity contribution in [3.63, 3.8) is 0 Å². The molecule has 26 heavy (non-hydrogen) atoms. The standard InChI is InChI=1S/C19H17FN2O4/c20-14-6-7-15-13(10-21-16(15)9-14)8-17(18(23)24)22-19(25)26-11-12-4-2-1-3-5-12/h1-7,9-10,17,21H,8,11H2,(H,22,25)(H,23,24). The van der Waals surface area contributed by atoms with E-state index >= 15 is 0 Å². The third kappa shape index (κ3) is 4.18. The summed E-state index contributed by atoms with van der Waals surface area (Å²) < 4.78 is 18.3. The number of halogens is 1. The third-order valence-electron chi connectivity index (χ3n) is 3.96. The number of carbonyl (C=O) groups excluding carboxylic acids is 1. The van der Waals surface area contributed by atoms with Gasteiger partial charge in [-0.05, 0) is 29.3 Å². The Bertz CT molecular complexity index is 924. The summed E-state index contributed by atoms with van der Waals surface area (Å²) in [5, 5.41) is 12.4. The molecule has 1 unspecified atom stereocenters. The molecular formula is C19H17FN2O4. The lowest BCUT2D eigenvalue weighted by Crippen LogP contribution is -2.42. The van der Waals surface area contributed by atoms with Crippen molar-refractivity contribution in [1.82, 2.24) is 10.3 Å². The van der Waals surface area contributed by atoms with Crippen molar-refractivity contribution in [2.45, 2.75) is 19.1 Å². The van der Waals surface area contributed by atoms with Gasteiger partial charge in [-0.25, -0.2) is 14.0 Å². The maximum atomic E-state index is 13.2. The average molecular weight is 356 g/mol. The summed E-state index contributed by atoms with van der Waals surface area (Å²) in [5.74, 6) is -1.57. The first-order valence-electron chi connectivity index (χ1n) is 7.98. The largest absolute Gasteiger partial charge is 0.480 e. The first-order valence-corrected chi connectivity index (χ1v) is 7.98. The molecule has 0 bridgehead atoms.